The Morgan fingerprint density at radius 1 is 1.21 bits per heavy atom. The number of thiophene rings is 1. The summed E-state index contributed by atoms with van der Waals surface area (Å²) in [5.74, 6) is 0. The van der Waals surface area contributed by atoms with E-state index < -0.39 is 0 Å². The first-order chi connectivity index (χ1) is 9.31. The molecule has 0 unspecified atom stereocenters. The molecule has 4 heteroatoms. The average molecular weight is 274 g/mol. The summed E-state index contributed by atoms with van der Waals surface area (Å²) in [6, 6.07) is 10.1. The van der Waals surface area contributed by atoms with Gasteiger partial charge in [0.25, 0.3) is 0 Å². The molecule has 1 aromatic carbocycles. The Labute approximate surface area is 117 Å². The van der Waals surface area contributed by atoms with Crippen molar-refractivity contribution < 1.29 is 4.79 Å². The monoisotopic (exact) mass is 274 g/mol. The lowest BCUT2D eigenvalue weighted by molar-refractivity contribution is 0.240. The van der Waals surface area contributed by atoms with E-state index >= 15 is 0 Å². The van der Waals surface area contributed by atoms with Gasteiger partial charge in [0.2, 0.25) is 0 Å². The van der Waals surface area contributed by atoms with Crippen LogP contribution in [0.15, 0.2) is 41.1 Å². The zero-order valence-electron chi connectivity index (χ0n) is 11.0. The van der Waals surface area contributed by atoms with Crippen LogP contribution in [-0.2, 0) is 6.54 Å². The smallest absolute Gasteiger partial charge is 0.315 e. The van der Waals surface area contributed by atoms with Crippen molar-refractivity contribution in [3.63, 3.8) is 0 Å². The highest BCUT2D eigenvalue weighted by Crippen LogP contribution is 2.25. The predicted molar refractivity (Wildman–Crippen MR) is 80.3 cm³/mol. The molecule has 2 aromatic rings. The summed E-state index contributed by atoms with van der Waals surface area (Å²) in [5, 5.41) is 9.88. The summed E-state index contributed by atoms with van der Waals surface area (Å²) in [7, 11) is 0. The van der Waals surface area contributed by atoms with Crippen molar-refractivity contribution in [1.82, 2.24) is 10.6 Å². The highest BCUT2D eigenvalue weighted by atomic mass is 32.1. The van der Waals surface area contributed by atoms with Crippen LogP contribution in [-0.4, -0.2) is 12.6 Å². The number of rotatable bonds is 5. The second kappa shape index (κ2) is 6.95. The predicted octanol–water partition coefficient (Wildman–Crippen LogP) is 3.62. The number of hydrogen-bond donors (Lipinski definition) is 2. The number of urea groups is 1. The molecule has 0 fully saturated rings. The van der Waals surface area contributed by atoms with Crippen molar-refractivity contribution in [2.45, 2.75) is 19.9 Å². The van der Waals surface area contributed by atoms with Crippen LogP contribution >= 0.6 is 11.3 Å². The van der Waals surface area contributed by atoms with E-state index in [1.165, 1.54) is 11.1 Å². The van der Waals surface area contributed by atoms with Crippen molar-refractivity contribution in [3.8, 4) is 11.1 Å². The summed E-state index contributed by atoms with van der Waals surface area (Å²) >= 11 is 1.68. The molecule has 2 rings (SSSR count). The summed E-state index contributed by atoms with van der Waals surface area (Å²) in [6.07, 6.45) is 0.943. The molecule has 0 saturated carbocycles. The van der Waals surface area contributed by atoms with E-state index in [1.807, 2.05) is 25.1 Å². The first-order valence-electron chi connectivity index (χ1n) is 6.43. The molecule has 19 heavy (non-hydrogen) atoms. The van der Waals surface area contributed by atoms with E-state index in [9.17, 15) is 4.79 Å². The van der Waals surface area contributed by atoms with E-state index in [2.05, 4.69) is 33.5 Å². The van der Waals surface area contributed by atoms with Crippen LogP contribution in [0.4, 0.5) is 4.79 Å². The van der Waals surface area contributed by atoms with E-state index in [4.69, 9.17) is 0 Å². The Morgan fingerprint density at radius 2 is 2.05 bits per heavy atom. The van der Waals surface area contributed by atoms with E-state index in [-0.39, 0.29) is 6.03 Å². The van der Waals surface area contributed by atoms with Gasteiger partial charge in [-0.05, 0) is 39.9 Å². The molecule has 0 saturated heterocycles. The Morgan fingerprint density at radius 3 is 2.79 bits per heavy atom. The second-order valence-corrected chi connectivity index (χ2v) is 5.06. The molecule has 0 bridgehead atoms. The Kier molecular flexibility index (Phi) is 4.98. The first kappa shape index (κ1) is 13.6. The largest absolute Gasteiger partial charge is 0.338 e. The summed E-state index contributed by atoms with van der Waals surface area (Å²) in [6.45, 7) is 3.28. The molecule has 0 spiro atoms. The van der Waals surface area contributed by atoms with Crippen molar-refractivity contribution in [3.05, 3.63) is 46.7 Å². The van der Waals surface area contributed by atoms with Gasteiger partial charge in [0.1, 0.15) is 0 Å². The number of carbonyl (C=O) groups excluding carboxylic acids is 1. The fourth-order valence-electron chi connectivity index (χ4n) is 1.85. The third-order valence-electron chi connectivity index (χ3n) is 2.82. The number of amides is 2. The van der Waals surface area contributed by atoms with Gasteiger partial charge in [-0.15, -0.1) is 0 Å². The molecule has 1 heterocycles. The van der Waals surface area contributed by atoms with Crippen molar-refractivity contribution >= 4 is 17.4 Å². The Hall–Kier alpha value is -1.81. The highest BCUT2D eigenvalue weighted by Gasteiger charge is 2.06. The standard InChI is InChI=1S/C15H18N2OS/c1-2-8-16-15(18)17-10-12-5-3-4-6-14(12)13-7-9-19-11-13/h3-7,9,11H,2,8,10H2,1H3,(H2,16,17,18). The third kappa shape index (κ3) is 3.83. The number of benzene rings is 1. The molecule has 0 aliphatic heterocycles. The third-order valence-corrected chi connectivity index (χ3v) is 3.51. The number of hydrogen-bond acceptors (Lipinski definition) is 2. The second-order valence-electron chi connectivity index (χ2n) is 4.28. The molecule has 100 valence electrons. The molecule has 0 aliphatic carbocycles. The van der Waals surface area contributed by atoms with Gasteiger partial charge in [-0.1, -0.05) is 31.2 Å². The molecule has 3 nitrogen and oxygen atoms in total. The molecule has 1 aromatic heterocycles. The molecule has 2 amide bonds. The topological polar surface area (TPSA) is 41.1 Å². The van der Waals surface area contributed by atoms with Crippen molar-refractivity contribution in [2.24, 2.45) is 0 Å². The summed E-state index contributed by atoms with van der Waals surface area (Å²) in [5.41, 5.74) is 3.52. The highest BCUT2D eigenvalue weighted by molar-refractivity contribution is 7.08. The van der Waals surface area contributed by atoms with Crippen LogP contribution in [0.2, 0.25) is 0 Å². The lowest BCUT2D eigenvalue weighted by Crippen LogP contribution is -2.35. The van der Waals surface area contributed by atoms with Gasteiger partial charge in [-0.2, -0.15) is 11.3 Å². The number of nitrogens with one attached hydrogen (secondary N) is 2. The van der Waals surface area contributed by atoms with Crippen LogP contribution in [0.25, 0.3) is 11.1 Å². The molecule has 0 atom stereocenters. The van der Waals surface area contributed by atoms with Crippen LogP contribution < -0.4 is 10.6 Å². The van der Waals surface area contributed by atoms with Gasteiger partial charge in [0.05, 0.1) is 0 Å². The minimum atomic E-state index is -0.109. The maximum Gasteiger partial charge on any atom is 0.315 e. The lowest BCUT2D eigenvalue weighted by atomic mass is 10.0. The van der Waals surface area contributed by atoms with Gasteiger partial charge >= 0.3 is 6.03 Å². The van der Waals surface area contributed by atoms with Gasteiger partial charge < -0.3 is 10.6 Å². The van der Waals surface area contributed by atoms with Crippen molar-refractivity contribution in [2.75, 3.05) is 6.54 Å². The normalized spacial score (nSPS) is 10.2. The Balaban J connectivity index is 2.03. The minimum Gasteiger partial charge on any atom is -0.338 e. The van der Waals surface area contributed by atoms with Gasteiger partial charge in [-0.3, -0.25) is 0 Å². The minimum absolute atomic E-state index is 0.109. The van der Waals surface area contributed by atoms with E-state index in [0.29, 0.717) is 13.1 Å². The van der Waals surface area contributed by atoms with E-state index in [0.717, 1.165) is 12.0 Å². The SMILES string of the molecule is CCCNC(=O)NCc1ccccc1-c1ccsc1. The summed E-state index contributed by atoms with van der Waals surface area (Å²) in [4.78, 5) is 11.6. The van der Waals surface area contributed by atoms with Crippen LogP contribution in [0, 0.1) is 0 Å². The fraction of sp³-hybridized carbons (Fsp3) is 0.267. The lowest BCUT2D eigenvalue weighted by Gasteiger charge is -2.10. The zero-order chi connectivity index (χ0) is 13.5. The molecular weight excluding hydrogens is 256 g/mol. The van der Waals surface area contributed by atoms with Crippen molar-refractivity contribution in [1.29, 1.82) is 0 Å². The molecule has 0 aliphatic rings. The summed E-state index contributed by atoms with van der Waals surface area (Å²) < 4.78 is 0. The maximum atomic E-state index is 11.6. The van der Waals surface area contributed by atoms with E-state index in [1.54, 1.807) is 11.3 Å². The molecule has 2 N–H and O–H groups in total. The van der Waals surface area contributed by atoms with Gasteiger partial charge in [-0.25, -0.2) is 4.79 Å². The van der Waals surface area contributed by atoms with Crippen LogP contribution in [0.1, 0.15) is 18.9 Å². The van der Waals surface area contributed by atoms with Crippen LogP contribution in [0.3, 0.4) is 0 Å². The first-order valence-corrected chi connectivity index (χ1v) is 7.37. The quantitative estimate of drug-likeness (QED) is 0.859. The van der Waals surface area contributed by atoms with Crippen LogP contribution in [0.5, 0.6) is 0 Å². The maximum absolute atomic E-state index is 11.6. The Bertz CT molecular complexity index is 523. The fourth-order valence-corrected chi connectivity index (χ4v) is 2.51. The van der Waals surface area contributed by atoms with Gasteiger partial charge in [0.15, 0.2) is 0 Å². The zero-order valence-corrected chi connectivity index (χ0v) is 11.8. The average Bonchev–Trinajstić information content (AvgIpc) is 2.97. The number of carbonyl (C=O) groups is 1. The van der Waals surface area contributed by atoms with Gasteiger partial charge in [0, 0.05) is 13.1 Å². The molecule has 0 radical (unpaired) electrons. The molecular formula is C15H18N2OS.